The molecule has 0 unspecified atom stereocenters. The van der Waals surface area contributed by atoms with Gasteiger partial charge in [-0.15, -0.1) is 10.2 Å². The second-order valence-corrected chi connectivity index (χ2v) is 8.08. The molecule has 166 valence electrons. The number of piperazine rings is 1. The first-order valence-electron chi connectivity index (χ1n) is 10.9. The van der Waals surface area contributed by atoms with E-state index in [2.05, 4.69) is 20.2 Å². The van der Waals surface area contributed by atoms with Gasteiger partial charge in [0.15, 0.2) is 17.4 Å². The first kappa shape index (κ1) is 20.2. The number of piperidine rings is 1. The van der Waals surface area contributed by atoms with Gasteiger partial charge >= 0.3 is 0 Å². The highest BCUT2D eigenvalue weighted by atomic mass is 16.3. The van der Waals surface area contributed by atoms with E-state index in [-0.39, 0.29) is 17.7 Å². The maximum atomic E-state index is 13.2. The normalized spacial score (nSPS) is 19.2. The van der Waals surface area contributed by atoms with Gasteiger partial charge < -0.3 is 19.1 Å². The maximum absolute atomic E-state index is 13.2. The Balaban J connectivity index is 1.18. The SMILES string of the molecule is O=C(c1ccco1)N1CCN(C(=O)[C@H]2CCCN(c3ccc(-n4cccn4)nn3)C2)CC1. The van der Waals surface area contributed by atoms with Gasteiger partial charge in [-0.05, 0) is 43.2 Å². The second-order valence-electron chi connectivity index (χ2n) is 8.08. The number of nitrogens with zero attached hydrogens (tertiary/aromatic N) is 7. The van der Waals surface area contributed by atoms with E-state index in [1.165, 1.54) is 6.26 Å². The fourth-order valence-electron chi connectivity index (χ4n) is 4.34. The molecule has 0 bridgehead atoms. The molecule has 5 rings (SSSR count). The topological polar surface area (TPSA) is 101 Å². The molecule has 10 heteroatoms. The Morgan fingerprint density at radius 3 is 2.41 bits per heavy atom. The Morgan fingerprint density at radius 1 is 0.938 bits per heavy atom. The first-order valence-corrected chi connectivity index (χ1v) is 10.9. The van der Waals surface area contributed by atoms with E-state index in [1.807, 2.05) is 29.3 Å². The molecule has 10 nitrogen and oxygen atoms in total. The summed E-state index contributed by atoms with van der Waals surface area (Å²) in [5.41, 5.74) is 0. The van der Waals surface area contributed by atoms with Crippen LogP contribution in [0.2, 0.25) is 0 Å². The molecule has 32 heavy (non-hydrogen) atoms. The van der Waals surface area contributed by atoms with Crippen LogP contribution in [-0.4, -0.2) is 80.9 Å². The zero-order chi connectivity index (χ0) is 21.9. The van der Waals surface area contributed by atoms with Gasteiger partial charge in [0.25, 0.3) is 5.91 Å². The summed E-state index contributed by atoms with van der Waals surface area (Å²) in [5.74, 6) is 1.72. The third-order valence-electron chi connectivity index (χ3n) is 6.08. The van der Waals surface area contributed by atoms with Gasteiger partial charge in [0, 0.05) is 51.7 Å². The Hall–Kier alpha value is -3.69. The third kappa shape index (κ3) is 4.08. The lowest BCUT2D eigenvalue weighted by Gasteiger charge is -2.39. The van der Waals surface area contributed by atoms with Crippen molar-refractivity contribution in [3.8, 4) is 5.82 Å². The van der Waals surface area contributed by atoms with Crippen molar-refractivity contribution in [2.45, 2.75) is 12.8 Å². The molecule has 3 aromatic rings. The predicted octanol–water partition coefficient (Wildman–Crippen LogP) is 1.46. The summed E-state index contributed by atoms with van der Waals surface area (Å²) in [6.07, 6.45) is 6.80. The average molecular weight is 435 g/mol. The smallest absolute Gasteiger partial charge is 0.289 e. The fourth-order valence-corrected chi connectivity index (χ4v) is 4.34. The predicted molar refractivity (Wildman–Crippen MR) is 115 cm³/mol. The van der Waals surface area contributed by atoms with Crippen molar-refractivity contribution in [2.75, 3.05) is 44.2 Å². The number of aromatic nitrogens is 4. The van der Waals surface area contributed by atoms with E-state index in [1.54, 1.807) is 27.9 Å². The molecule has 3 aromatic heterocycles. The fraction of sp³-hybridized carbons (Fsp3) is 0.409. The average Bonchev–Trinajstić information content (AvgIpc) is 3.58. The molecule has 1 atom stereocenters. The quantitative estimate of drug-likeness (QED) is 0.611. The molecule has 0 N–H and O–H groups in total. The number of furan rings is 1. The minimum absolute atomic E-state index is 0.0799. The maximum Gasteiger partial charge on any atom is 0.289 e. The van der Waals surface area contributed by atoms with Gasteiger partial charge in [-0.25, -0.2) is 4.68 Å². The molecule has 0 aromatic carbocycles. The van der Waals surface area contributed by atoms with Crippen molar-refractivity contribution in [3.63, 3.8) is 0 Å². The number of hydrogen-bond acceptors (Lipinski definition) is 7. The van der Waals surface area contributed by atoms with Crippen LogP contribution >= 0.6 is 0 Å². The zero-order valence-corrected chi connectivity index (χ0v) is 17.7. The summed E-state index contributed by atoms with van der Waals surface area (Å²) < 4.78 is 6.87. The molecule has 2 amide bonds. The van der Waals surface area contributed by atoms with Crippen molar-refractivity contribution in [3.05, 3.63) is 54.7 Å². The molecular weight excluding hydrogens is 410 g/mol. The van der Waals surface area contributed by atoms with Crippen LogP contribution < -0.4 is 4.90 Å². The number of anilines is 1. The van der Waals surface area contributed by atoms with Crippen molar-refractivity contribution in [1.82, 2.24) is 29.8 Å². The van der Waals surface area contributed by atoms with Crippen molar-refractivity contribution in [2.24, 2.45) is 5.92 Å². The molecule has 0 radical (unpaired) electrons. The lowest BCUT2D eigenvalue weighted by molar-refractivity contribution is -0.137. The standard InChI is InChI=1S/C22H25N7O3/c30-21(26-11-13-27(14-12-26)22(31)18-5-2-15-32-18)17-4-1-9-28(16-17)19-6-7-20(25-24-19)29-10-3-8-23-29/h2-3,5-8,10,15,17H,1,4,9,11-14,16H2/t17-/m0/s1. The minimum atomic E-state index is -0.122. The molecule has 0 saturated carbocycles. The van der Waals surface area contributed by atoms with E-state index >= 15 is 0 Å². The highest BCUT2D eigenvalue weighted by molar-refractivity contribution is 5.91. The van der Waals surface area contributed by atoms with E-state index in [4.69, 9.17) is 4.42 Å². The van der Waals surface area contributed by atoms with Crippen molar-refractivity contribution in [1.29, 1.82) is 0 Å². The summed E-state index contributed by atoms with van der Waals surface area (Å²) in [7, 11) is 0. The molecule has 2 saturated heterocycles. The Bertz CT molecular complexity index is 1040. The van der Waals surface area contributed by atoms with Crippen LogP contribution in [0.3, 0.4) is 0 Å². The van der Waals surface area contributed by atoms with Gasteiger partial charge in [0.05, 0.1) is 12.2 Å². The molecule has 2 aliphatic rings. The summed E-state index contributed by atoms with van der Waals surface area (Å²) in [6.45, 7) is 3.59. The number of carbonyl (C=O) groups is 2. The van der Waals surface area contributed by atoms with Gasteiger partial charge in [-0.3, -0.25) is 9.59 Å². The monoisotopic (exact) mass is 435 g/mol. The summed E-state index contributed by atoms with van der Waals surface area (Å²) in [6, 6.07) is 9.02. The van der Waals surface area contributed by atoms with Crippen LogP contribution in [0.1, 0.15) is 23.4 Å². The number of amides is 2. The van der Waals surface area contributed by atoms with Gasteiger partial charge in [0.1, 0.15) is 0 Å². The second kappa shape index (κ2) is 8.81. The number of carbonyl (C=O) groups excluding carboxylic acids is 2. The van der Waals surface area contributed by atoms with E-state index in [0.29, 0.717) is 44.3 Å². The summed E-state index contributed by atoms with van der Waals surface area (Å²) in [4.78, 5) is 31.4. The highest BCUT2D eigenvalue weighted by Crippen LogP contribution is 2.24. The van der Waals surface area contributed by atoms with Crippen LogP contribution in [0, 0.1) is 5.92 Å². The molecular formula is C22H25N7O3. The van der Waals surface area contributed by atoms with E-state index < -0.39 is 0 Å². The minimum Gasteiger partial charge on any atom is -0.459 e. The molecule has 5 heterocycles. The largest absolute Gasteiger partial charge is 0.459 e. The van der Waals surface area contributed by atoms with Crippen molar-refractivity contribution >= 4 is 17.6 Å². The molecule has 2 fully saturated rings. The Morgan fingerprint density at radius 2 is 1.72 bits per heavy atom. The summed E-state index contributed by atoms with van der Waals surface area (Å²) in [5, 5.41) is 12.8. The van der Waals surface area contributed by atoms with Crippen LogP contribution in [0.5, 0.6) is 0 Å². The third-order valence-corrected chi connectivity index (χ3v) is 6.08. The molecule has 2 aliphatic heterocycles. The van der Waals surface area contributed by atoms with Crippen LogP contribution in [-0.2, 0) is 4.79 Å². The lowest BCUT2D eigenvalue weighted by atomic mass is 9.96. The van der Waals surface area contributed by atoms with E-state index in [0.717, 1.165) is 25.2 Å². The van der Waals surface area contributed by atoms with Crippen LogP contribution in [0.25, 0.3) is 5.82 Å². The first-order chi connectivity index (χ1) is 15.7. The van der Waals surface area contributed by atoms with Gasteiger partial charge in [-0.1, -0.05) is 0 Å². The van der Waals surface area contributed by atoms with Crippen LogP contribution in [0.15, 0.2) is 53.4 Å². The van der Waals surface area contributed by atoms with Gasteiger partial charge in [0.2, 0.25) is 5.91 Å². The number of hydrogen-bond donors (Lipinski definition) is 0. The Kier molecular flexibility index (Phi) is 5.57. The molecule has 0 aliphatic carbocycles. The van der Waals surface area contributed by atoms with Crippen molar-refractivity contribution < 1.29 is 14.0 Å². The summed E-state index contributed by atoms with van der Waals surface area (Å²) >= 11 is 0. The van der Waals surface area contributed by atoms with Gasteiger partial charge in [-0.2, -0.15) is 5.10 Å². The number of rotatable bonds is 4. The zero-order valence-electron chi connectivity index (χ0n) is 17.7. The molecule has 0 spiro atoms. The lowest BCUT2D eigenvalue weighted by Crippen LogP contribution is -2.53. The Labute approximate surface area is 185 Å². The highest BCUT2D eigenvalue weighted by Gasteiger charge is 2.33. The van der Waals surface area contributed by atoms with Crippen LogP contribution in [0.4, 0.5) is 5.82 Å². The van der Waals surface area contributed by atoms with E-state index in [9.17, 15) is 9.59 Å².